The van der Waals surface area contributed by atoms with E-state index in [-0.39, 0.29) is 12.3 Å². The van der Waals surface area contributed by atoms with Gasteiger partial charge in [0.25, 0.3) is 0 Å². The van der Waals surface area contributed by atoms with Gasteiger partial charge in [0.05, 0.1) is 6.42 Å². The van der Waals surface area contributed by atoms with Crippen molar-refractivity contribution in [3.8, 4) is 0 Å². The second-order valence-corrected chi connectivity index (χ2v) is 6.58. The molecule has 0 radical (unpaired) electrons. The number of benzene rings is 1. The quantitative estimate of drug-likeness (QED) is 0.699. The molecule has 1 saturated heterocycles. The van der Waals surface area contributed by atoms with E-state index >= 15 is 0 Å². The highest BCUT2D eigenvalue weighted by Crippen LogP contribution is 2.17. The van der Waals surface area contributed by atoms with Crippen LogP contribution >= 0.6 is 11.6 Å². The van der Waals surface area contributed by atoms with Gasteiger partial charge in [0.1, 0.15) is 18.0 Å². The number of hydrogen-bond acceptors (Lipinski definition) is 5. The van der Waals surface area contributed by atoms with E-state index < -0.39 is 5.82 Å². The third kappa shape index (κ3) is 3.45. The van der Waals surface area contributed by atoms with Gasteiger partial charge in [0.15, 0.2) is 5.65 Å². The van der Waals surface area contributed by atoms with Gasteiger partial charge in [-0.1, -0.05) is 11.6 Å². The summed E-state index contributed by atoms with van der Waals surface area (Å²) in [6.07, 6.45) is 1.70. The number of anilines is 1. The van der Waals surface area contributed by atoms with Gasteiger partial charge in [-0.15, -0.1) is 15.3 Å². The molecule has 3 heterocycles. The summed E-state index contributed by atoms with van der Waals surface area (Å²) < 4.78 is 15.0. The van der Waals surface area contributed by atoms with Crippen molar-refractivity contribution < 1.29 is 9.18 Å². The summed E-state index contributed by atoms with van der Waals surface area (Å²) in [7, 11) is 0. The molecule has 1 amide bonds. The summed E-state index contributed by atoms with van der Waals surface area (Å²) in [6, 6.07) is 7.96. The van der Waals surface area contributed by atoms with E-state index in [1.54, 1.807) is 21.8 Å². The molecule has 4 rings (SSSR count). The maximum Gasteiger partial charge on any atom is 0.227 e. The number of aromatic nitrogens is 4. The van der Waals surface area contributed by atoms with Gasteiger partial charge in [-0.05, 0) is 35.9 Å². The zero-order valence-electron chi connectivity index (χ0n) is 13.8. The third-order valence-corrected chi connectivity index (χ3v) is 4.60. The van der Waals surface area contributed by atoms with Crippen molar-refractivity contribution in [1.29, 1.82) is 0 Å². The number of piperazine rings is 1. The molecule has 1 aliphatic heterocycles. The Morgan fingerprint density at radius 2 is 1.96 bits per heavy atom. The zero-order chi connectivity index (χ0) is 18.1. The molecule has 26 heavy (non-hydrogen) atoms. The zero-order valence-corrected chi connectivity index (χ0v) is 14.6. The van der Waals surface area contributed by atoms with Crippen molar-refractivity contribution in [2.75, 3.05) is 31.1 Å². The second-order valence-electron chi connectivity index (χ2n) is 6.15. The Morgan fingerprint density at radius 1 is 1.15 bits per heavy atom. The van der Waals surface area contributed by atoms with Crippen LogP contribution in [0.1, 0.15) is 5.56 Å². The van der Waals surface area contributed by atoms with Gasteiger partial charge in [0.2, 0.25) is 5.91 Å². The fraction of sp³-hybridized carbons (Fsp3) is 0.294. The van der Waals surface area contributed by atoms with Crippen LogP contribution < -0.4 is 4.90 Å². The lowest BCUT2D eigenvalue weighted by molar-refractivity contribution is -0.130. The van der Waals surface area contributed by atoms with E-state index in [0.717, 1.165) is 5.82 Å². The Balaban J connectivity index is 1.38. The average molecular weight is 375 g/mol. The van der Waals surface area contributed by atoms with Gasteiger partial charge < -0.3 is 9.80 Å². The largest absolute Gasteiger partial charge is 0.352 e. The van der Waals surface area contributed by atoms with Crippen molar-refractivity contribution in [3.05, 3.63) is 53.1 Å². The number of fused-ring (bicyclic) bond motifs is 1. The first-order chi connectivity index (χ1) is 12.6. The summed E-state index contributed by atoms with van der Waals surface area (Å²) in [5.74, 6) is 0.357. The van der Waals surface area contributed by atoms with Crippen molar-refractivity contribution in [1.82, 2.24) is 24.7 Å². The molecule has 0 unspecified atom stereocenters. The van der Waals surface area contributed by atoms with Crippen LogP contribution in [0.15, 0.2) is 36.7 Å². The summed E-state index contributed by atoms with van der Waals surface area (Å²) in [4.78, 5) is 16.4. The fourth-order valence-electron chi connectivity index (χ4n) is 3.07. The van der Waals surface area contributed by atoms with Crippen LogP contribution in [-0.2, 0) is 11.2 Å². The molecule has 0 saturated carbocycles. The smallest absolute Gasteiger partial charge is 0.227 e. The van der Waals surface area contributed by atoms with Crippen molar-refractivity contribution >= 4 is 29.0 Å². The van der Waals surface area contributed by atoms with E-state index in [1.807, 2.05) is 12.1 Å². The van der Waals surface area contributed by atoms with E-state index in [4.69, 9.17) is 11.6 Å². The highest BCUT2D eigenvalue weighted by atomic mass is 35.5. The van der Waals surface area contributed by atoms with Crippen LogP contribution in [0.4, 0.5) is 10.2 Å². The minimum Gasteiger partial charge on any atom is -0.352 e. The first kappa shape index (κ1) is 16.7. The standard InChI is InChI=1S/C17H16ClFN6O/c18-13-7-12(8-14(19)10-13)9-17(26)24-5-3-23(4-6-24)16-2-1-15-21-20-11-25(15)22-16/h1-2,7-8,10-11H,3-6,9H2. The lowest BCUT2D eigenvalue weighted by atomic mass is 10.1. The lowest BCUT2D eigenvalue weighted by Gasteiger charge is -2.35. The van der Waals surface area contributed by atoms with Crippen molar-refractivity contribution in [3.63, 3.8) is 0 Å². The lowest BCUT2D eigenvalue weighted by Crippen LogP contribution is -2.49. The molecule has 0 bridgehead atoms. The highest BCUT2D eigenvalue weighted by Gasteiger charge is 2.22. The van der Waals surface area contributed by atoms with Crippen LogP contribution in [-0.4, -0.2) is 56.8 Å². The molecule has 134 valence electrons. The van der Waals surface area contributed by atoms with E-state index in [1.165, 1.54) is 12.1 Å². The second kappa shape index (κ2) is 6.87. The molecule has 2 aromatic heterocycles. The number of carbonyl (C=O) groups excluding carboxylic acids is 1. The predicted octanol–water partition coefficient (Wildman–Crippen LogP) is 1.81. The molecule has 1 fully saturated rings. The third-order valence-electron chi connectivity index (χ3n) is 4.38. The summed E-state index contributed by atoms with van der Waals surface area (Å²) in [5, 5.41) is 12.5. The molecular weight excluding hydrogens is 359 g/mol. The highest BCUT2D eigenvalue weighted by molar-refractivity contribution is 6.30. The van der Waals surface area contributed by atoms with E-state index in [9.17, 15) is 9.18 Å². The topological polar surface area (TPSA) is 66.6 Å². The number of nitrogens with zero attached hydrogens (tertiary/aromatic N) is 6. The number of halogens is 2. The summed E-state index contributed by atoms with van der Waals surface area (Å²) >= 11 is 5.85. The van der Waals surface area contributed by atoms with Gasteiger partial charge in [-0.25, -0.2) is 4.39 Å². The SMILES string of the molecule is O=C(Cc1cc(F)cc(Cl)c1)N1CCN(c2ccc3nncn3n2)CC1. The van der Waals surface area contributed by atoms with Crippen LogP contribution in [0.2, 0.25) is 5.02 Å². The van der Waals surface area contributed by atoms with Crippen LogP contribution in [0.25, 0.3) is 5.65 Å². The van der Waals surface area contributed by atoms with Gasteiger partial charge in [-0.3, -0.25) is 4.79 Å². The van der Waals surface area contributed by atoms with Crippen molar-refractivity contribution in [2.45, 2.75) is 6.42 Å². The Bertz CT molecular complexity index is 933. The summed E-state index contributed by atoms with van der Waals surface area (Å²) in [6.45, 7) is 2.53. The molecule has 7 nitrogen and oxygen atoms in total. The molecule has 1 aromatic carbocycles. The Morgan fingerprint density at radius 3 is 2.73 bits per heavy atom. The van der Waals surface area contributed by atoms with E-state index in [0.29, 0.717) is 42.4 Å². The number of carbonyl (C=O) groups is 1. The average Bonchev–Trinajstić information content (AvgIpc) is 3.08. The first-order valence-electron chi connectivity index (χ1n) is 8.23. The molecule has 0 spiro atoms. The fourth-order valence-corrected chi connectivity index (χ4v) is 3.32. The number of rotatable bonds is 3. The number of amides is 1. The van der Waals surface area contributed by atoms with Crippen molar-refractivity contribution in [2.24, 2.45) is 0 Å². The van der Waals surface area contributed by atoms with E-state index in [2.05, 4.69) is 20.2 Å². The molecular formula is C17H16ClFN6O. The maximum atomic E-state index is 13.4. The first-order valence-corrected chi connectivity index (χ1v) is 8.61. The molecule has 9 heteroatoms. The van der Waals surface area contributed by atoms with Gasteiger partial charge in [0, 0.05) is 31.2 Å². The number of hydrogen-bond donors (Lipinski definition) is 0. The maximum absolute atomic E-state index is 13.4. The monoisotopic (exact) mass is 374 g/mol. The van der Waals surface area contributed by atoms with Crippen LogP contribution in [0.5, 0.6) is 0 Å². The summed E-state index contributed by atoms with van der Waals surface area (Å²) in [5.41, 5.74) is 1.28. The Hall–Kier alpha value is -2.74. The molecule has 0 atom stereocenters. The van der Waals surface area contributed by atoms with Crippen LogP contribution in [0, 0.1) is 5.82 Å². The Labute approximate surface area is 154 Å². The molecule has 1 aliphatic rings. The molecule has 0 aliphatic carbocycles. The van der Waals surface area contributed by atoms with Gasteiger partial charge >= 0.3 is 0 Å². The minimum absolute atomic E-state index is 0.0338. The minimum atomic E-state index is -0.430. The molecule has 3 aromatic rings. The molecule has 0 N–H and O–H groups in total. The normalized spacial score (nSPS) is 14.8. The predicted molar refractivity (Wildman–Crippen MR) is 94.7 cm³/mol. The van der Waals surface area contributed by atoms with Gasteiger partial charge in [-0.2, -0.15) is 4.52 Å². The van der Waals surface area contributed by atoms with Crippen LogP contribution in [0.3, 0.4) is 0 Å². The Kier molecular flexibility index (Phi) is 4.42.